The first-order chi connectivity index (χ1) is 16.1. The molecule has 0 amide bonds. The quantitative estimate of drug-likeness (QED) is 0.198. The van der Waals surface area contributed by atoms with Crippen LogP contribution in [0.25, 0.3) is 0 Å². The second-order valence-electron chi connectivity index (χ2n) is 8.05. The Hall–Kier alpha value is -3.42. The lowest BCUT2D eigenvalue weighted by molar-refractivity contribution is 0.0733. The Morgan fingerprint density at radius 3 is 1.97 bits per heavy atom. The lowest BCUT2D eigenvalue weighted by atomic mass is 10.1. The number of esters is 1. The molecule has 6 nitrogen and oxygen atoms in total. The van der Waals surface area contributed by atoms with Crippen molar-refractivity contribution in [3.05, 3.63) is 89.2 Å². The molecule has 2 fully saturated rings. The van der Waals surface area contributed by atoms with E-state index in [9.17, 15) is 9.18 Å². The van der Waals surface area contributed by atoms with Crippen LogP contribution >= 0.6 is 0 Å². The maximum absolute atomic E-state index is 14.4. The summed E-state index contributed by atoms with van der Waals surface area (Å²) in [5.74, 6) is -0.488. The fourth-order valence-corrected chi connectivity index (χ4v) is 3.39. The van der Waals surface area contributed by atoms with E-state index in [-0.39, 0.29) is 24.4 Å². The lowest BCUT2D eigenvalue weighted by Gasteiger charge is -2.11. The summed E-state index contributed by atoms with van der Waals surface area (Å²) in [5, 5.41) is 0. The molecule has 0 aliphatic carbocycles. The van der Waals surface area contributed by atoms with Crippen LogP contribution in [0.3, 0.4) is 0 Å². The van der Waals surface area contributed by atoms with Gasteiger partial charge in [0.15, 0.2) is 11.6 Å². The molecule has 2 aliphatic rings. The first-order valence-corrected chi connectivity index (χ1v) is 10.8. The van der Waals surface area contributed by atoms with Crippen LogP contribution in [0, 0.1) is 5.82 Å². The van der Waals surface area contributed by atoms with E-state index in [1.807, 2.05) is 36.4 Å². The number of rotatable bonds is 10. The van der Waals surface area contributed by atoms with E-state index in [4.69, 9.17) is 23.7 Å². The average molecular weight is 450 g/mol. The summed E-state index contributed by atoms with van der Waals surface area (Å²) >= 11 is 0. The monoisotopic (exact) mass is 450 g/mol. The molecule has 0 N–H and O–H groups in total. The molecule has 170 valence electrons. The average Bonchev–Trinajstić information content (AvgIpc) is 3.74. The van der Waals surface area contributed by atoms with Crippen molar-refractivity contribution in [3.8, 4) is 17.2 Å². The van der Waals surface area contributed by atoms with Crippen molar-refractivity contribution in [3.63, 3.8) is 0 Å². The second-order valence-corrected chi connectivity index (χ2v) is 8.05. The molecule has 2 unspecified atom stereocenters. The number of hydrogen-bond acceptors (Lipinski definition) is 6. The van der Waals surface area contributed by atoms with Crippen molar-refractivity contribution in [2.45, 2.75) is 25.0 Å². The van der Waals surface area contributed by atoms with Gasteiger partial charge >= 0.3 is 5.97 Å². The van der Waals surface area contributed by atoms with Gasteiger partial charge in [0, 0.05) is 18.9 Å². The minimum Gasteiger partial charge on any atom is -0.457 e. The van der Waals surface area contributed by atoms with Crippen LogP contribution in [0.1, 0.15) is 21.5 Å². The number of carbonyl (C=O) groups is 1. The van der Waals surface area contributed by atoms with Crippen molar-refractivity contribution in [1.29, 1.82) is 0 Å². The van der Waals surface area contributed by atoms with Crippen LogP contribution in [0.5, 0.6) is 17.2 Å². The third-order valence-corrected chi connectivity index (χ3v) is 5.40. The highest BCUT2D eigenvalue weighted by Crippen LogP contribution is 2.24. The van der Waals surface area contributed by atoms with Gasteiger partial charge in [0.2, 0.25) is 6.79 Å². The van der Waals surface area contributed by atoms with Gasteiger partial charge in [0.25, 0.3) is 0 Å². The third kappa shape index (κ3) is 6.09. The summed E-state index contributed by atoms with van der Waals surface area (Å²) in [7, 11) is 0. The van der Waals surface area contributed by atoms with E-state index in [0.29, 0.717) is 17.4 Å². The number of epoxide rings is 2. The van der Waals surface area contributed by atoms with Gasteiger partial charge in [-0.3, -0.25) is 0 Å². The molecule has 33 heavy (non-hydrogen) atoms. The van der Waals surface area contributed by atoms with Crippen LogP contribution in [0.4, 0.5) is 4.39 Å². The molecule has 0 aromatic heterocycles. The van der Waals surface area contributed by atoms with Crippen LogP contribution in [-0.4, -0.2) is 38.2 Å². The molecule has 2 atom stereocenters. The molecule has 0 bridgehead atoms. The molecule has 0 radical (unpaired) electrons. The zero-order chi connectivity index (χ0) is 22.6. The van der Waals surface area contributed by atoms with E-state index in [2.05, 4.69) is 0 Å². The van der Waals surface area contributed by atoms with Crippen molar-refractivity contribution in [2.75, 3.05) is 20.0 Å². The number of halogens is 1. The Morgan fingerprint density at radius 1 is 0.818 bits per heavy atom. The highest BCUT2D eigenvalue weighted by molar-refractivity contribution is 5.91. The maximum Gasteiger partial charge on any atom is 0.343 e. The van der Waals surface area contributed by atoms with Crippen LogP contribution in [0.15, 0.2) is 66.7 Å². The molecule has 7 heteroatoms. The standard InChI is InChI=1S/C26H23FO6/c27-24-13-21(33-26(28)19-5-1-17(2-6-19)11-22-14-29-22)9-10-25(24)32-16-31-20-7-3-18(4-8-20)12-23-15-30-23/h1-10,13,22-23H,11-12,14-16H2. The fraction of sp³-hybridized carbons (Fsp3) is 0.269. The van der Waals surface area contributed by atoms with Crippen molar-refractivity contribution >= 4 is 5.97 Å². The van der Waals surface area contributed by atoms with E-state index in [1.165, 1.54) is 17.7 Å². The van der Waals surface area contributed by atoms with E-state index < -0.39 is 11.8 Å². The number of benzene rings is 3. The normalized spacial score (nSPS) is 18.5. The van der Waals surface area contributed by atoms with Crippen molar-refractivity contribution < 1.29 is 32.9 Å². The molecule has 2 aliphatic heterocycles. The minimum absolute atomic E-state index is 0.00366. The molecular formula is C26H23FO6. The van der Waals surface area contributed by atoms with Gasteiger partial charge in [-0.05, 0) is 47.5 Å². The Bertz CT molecular complexity index is 1100. The summed E-state index contributed by atoms with van der Waals surface area (Å²) in [6.07, 6.45) is 2.33. The third-order valence-electron chi connectivity index (χ3n) is 5.40. The van der Waals surface area contributed by atoms with E-state index in [0.717, 1.165) is 37.7 Å². The van der Waals surface area contributed by atoms with Crippen LogP contribution in [-0.2, 0) is 22.3 Å². The lowest BCUT2D eigenvalue weighted by Crippen LogP contribution is -2.10. The van der Waals surface area contributed by atoms with Gasteiger partial charge in [-0.25, -0.2) is 9.18 Å². The van der Waals surface area contributed by atoms with Gasteiger partial charge in [-0.15, -0.1) is 0 Å². The van der Waals surface area contributed by atoms with Gasteiger partial charge < -0.3 is 23.7 Å². The Labute approximate surface area is 190 Å². The zero-order valence-corrected chi connectivity index (χ0v) is 17.9. The largest absolute Gasteiger partial charge is 0.457 e. The summed E-state index contributed by atoms with van der Waals surface area (Å²) in [6.45, 7) is 1.45. The predicted molar refractivity (Wildman–Crippen MR) is 117 cm³/mol. The topological polar surface area (TPSA) is 69.8 Å². The van der Waals surface area contributed by atoms with Crippen LogP contribution in [0.2, 0.25) is 0 Å². The first-order valence-electron chi connectivity index (χ1n) is 10.8. The molecular weight excluding hydrogens is 427 g/mol. The smallest absolute Gasteiger partial charge is 0.343 e. The van der Waals surface area contributed by atoms with Gasteiger partial charge in [0.05, 0.1) is 31.0 Å². The Balaban J connectivity index is 1.10. The molecule has 3 aromatic carbocycles. The first kappa shape index (κ1) is 21.4. The second kappa shape index (κ2) is 9.60. The van der Waals surface area contributed by atoms with E-state index in [1.54, 1.807) is 12.1 Å². The maximum atomic E-state index is 14.4. The molecule has 0 saturated carbocycles. The molecule has 0 spiro atoms. The van der Waals surface area contributed by atoms with Gasteiger partial charge in [-0.1, -0.05) is 24.3 Å². The molecule has 5 rings (SSSR count). The number of ether oxygens (including phenoxy) is 5. The Morgan fingerprint density at radius 2 is 1.39 bits per heavy atom. The number of hydrogen-bond donors (Lipinski definition) is 0. The number of carbonyl (C=O) groups excluding carboxylic acids is 1. The highest BCUT2D eigenvalue weighted by Gasteiger charge is 2.23. The minimum atomic E-state index is -0.650. The summed E-state index contributed by atoms with van der Waals surface area (Å²) in [5.41, 5.74) is 2.65. The predicted octanol–water partition coefficient (Wildman–Crippen LogP) is 4.34. The van der Waals surface area contributed by atoms with Gasteiger partial charge in [-0.2, -0.15) is 0 Å². The SMILES string of the molecule is O=C(Oc1ccc(OCOc2ccc(CC3CO3)cc2)c(F)c1)c1ccc(CC2CO2)cc1. The van der Waals surface area contributed by atoms with Crippen molar-refractivity contribution in [2.24, 2.45) is 0 Å². The zero-order valence-electron chi connectivity index (χ0n) is 17.9. The molecule has 3 aromatic rings. The van der Waals surface area contributed by atoms with Gasteiger partial charge in [0.1, 0.15) is 11.5 Å². The molecule has 2 saturated heterocycles. The van der Waals surface area contributed by atoms with Crippen molar-refractivity contribution in [1.82, 2.24) is 0 Å². The van der Waals surface area contributed by atoms with E-state index >= 15 is 0 Å². The van der Waals surface area contributed by atoms with Crippen LogP contribution < -0.4 is 14.2 Å². The Kier molecular flexibility index (Phi) is 6.24. The summed E-state index contributed by atoms with van der Waals surface area (Å²) in [6, 6.07) is 18.7. The summed E-state index contributed by atoms with van der Waals surface area (Å²) < 4.78 is 41.0. The highest BCUT2D eigenvalue weighted by atomic mass is 19.1. The summed E-state index contributed by atoms with van der Waals surface area (Å²) in [4.78, 5) is 12.3. The molecule has 2 heterocycles. The fourth-order valence-electron chi connectivity index (χ4n) is 3.39.